The first kappa shape index (κ1) is 15.3. The van der Waals surface area contributed by atoms with Gasteiger partial charge >= 0.3 is 0 Å². The maximum Gasteiger partial charge on any atom is 0.124 e. The third-order valence-corrected chi connectivity index (χ3v) is 6.00. The predicted octanol–water partition coefficient (Wildman–Crippen LogP) is 4.39. The summed E-state index contributed by atoms with van der Waals surface area (Å²) in [5.74, 6) is 0.947. The fourth-order valence-corrected chi connectivity index (χ4v) is 4.47. The second-order valence-electron chi connectivity index (χ2n) is 5.17. The van der Waals surface area contributed by atoms with Crippen LogP contribution in [-0.4, -0.2) is 24.1 Å². The second-order valence-corrected chi connectivity index (χ2v) is 7.35. The molecule has 0 spiro atoms. The number of thioether (sulfide) groups is 1. The molecule has 1 saturated carbocycles. The topological polar surface area (TPSA) is 12.0 Å². The monoisotopic (exact) mass is 345 g/mol. The first-order chi connectivity index (χ1) is 9.19. The SMILES string of the molecule is CNC(CSC1CCCC1)Cc1ccc(F)cc1Br. The highest BCUT2D eigenvalue weighted by Crippen LogP contribution is 2.30. The van der Waals surface area contributed by atoms with E-state index in [0.717, 1.165) is 21.9 Å². The van der Waals surface area contributed by atoms with Crippen LogP contribution in [0.15, 0.2) is 22.7 Å². The Morgan fingerprint density at radius 1 is 1.42 bits per heavy atom. The Labute approximate surface area is 127 Å². The summed E-state index contributed by atoms with van der Waals surface area (Å²) in [5, 5.41) is 4.24. The molecule has 0 radical (unpaired) electrons. The molecule has 1 aromatic carbocycles. The zero-order valence-electron chi connectivity index (χ0n) is 11.3. The molecule has 1 unspecified atom stereocenters. The lowest BCUT2D eigenvalue weighted by Crippen LogP contribution is -2.30. The average Bonchev–Trinajstić information content (AvgIpc) is 2.90. The van der Waals surface area contributed by atoms with E-state index in [4.69, 9.17) is 0 Å². The summed E-state index contributed by atoms with van der Waals surface area (Å²) < 4.78 is 13.9. The highest BCUT2D eigenvalue weighted by Gasteiger charge is 2.18. The summed E-state index contributed by atoms with van der Waals surface area (Å²) in [5.41, 5.74) is 1.17. The molecule has 1 fully saturated rings. The van der Waals surface area contributed by atoms with Gasteiger partial charge < -0.3 is 5.32 Å². The molecule has 1 atom stereocenters. The number of hydrogen-bond acceptors (Lipinski definition) is 2. The Morgan fingerprint density at radius 2 is 2.16 bits per heavy atom. The number of hydrogen-bond donors (Lipinski definition) is 1. The highest BCUT2D eigenvalue weighted by atomic mass is 79.9. The van der Waals surface area contributed by atoms with Crippen LogP contribution in [0.1, 0.15) is 31.2 Å². The van der Waals surface area contributed by atoms with E-state index in [0.29, 0.717) is 6.04 Å². The van der Waals surface area contributed by atoms with Crippen molar-refractivity contribution in [3.8, 4) is 0 Å². The van der Waals surface area contributed by atoms with Gasteiger partial charge in [-0.25, -0.2) is 4.39 Å². The molecule has 0 aromatic heterocycles. The van der Waals surface area contributed by atoms with Crippen LogP contribution in [-0.2, 0) is 6.42 Å². The van der Waals surface area contributed by atoms with Gasteiger partial charge in [-0.2, -0.15) is 11.8 Å². The summed E-state index contributed by atoms with van der Waals surface area (Å²) in [6, 6.07) is 5.42. The number of halogens is 2. The van der Waals surface area contributed by atoms with Gasteiger partial charge in [0.05, 0.1) is 0 Å². The first-order valence-electron chi connectivity index (χ1n) is 6.92. The Hall–Kier alpha value is -0.0600. The van der Waals surface area contributed by atoms with Crippen LogP contribution in [0.5, 0.6) is 0 Å². The van der Waals surface area contributed by atoms with Crippen molar-refractivity contribution in [2.45, 2.75) is 43.4 Å². The van der Waals surface area contributed by atoms with E-state index >= 15 is 0 Å². The Morgan fingerprint density at radius 3 is 2.79 bits per heavy atom. The van der Waals surface area contributed by atoms with Crippen LogP contribution in [0.3, 0.4) is 0 Å². The minimum absolute atomic E-state index is 0.183. The molecule has 2 rings (SSSR count). The second kappa shape index (κ2) is 7.65. The molecular formula is C15H21BrFNS. The van der Waals surface area contributed by atoms with Crippen molar-refractivity contribution in [2.24, 2.45) is 0 Å². The predicted molar refractivity (Wildman–Crippen MR) is 85.4 cm³/mol. The van der Waals surface area contributed by atoms with Crippen molar-refractivity contribution < 1.29 is 4.39 Å². The van der Waals surface area contributed by atoms with Crippen LogP contribution < -0.4 is 5.32 Å². The Kier molecular flexibility index (Phi) is 6.17. The van der Waals surface area contributed by atoms with E-state index in [-0.39, 0.29) is 5.82 Å². The molecule has 19 heavy (non-hydrogen) atoms. The van der Waals surface area contributed by atoms with Crippen molar-refractivity contribution in [2.75, 3.05) is 12.8 Å². The molecule has 0 bridgehead atoms. The van der Waals surface area contributed by atoms with Crippen LogP contribution in [0.4, 0.5) is 4.39 Å². The van der Waals surface area contributed by atoms with Gasteiger partial charge in [-0.15, -0.1) is 0 Å². The van der Waals surface area contributed by atoms with E-state index in [1.54, 1.807) is 6.07 Å². The van der Waals surface area contributed by atoms with Crippen molar-refractivity contribution in [3.63, 3.8) is 0 Å². The number of likely N-dealkylation sites (N-methyl/N-ethyl adjacent to an activating group) is 1. The fraction of sp³-hybridized carbons (Fsp3) is 0.600. The normalized spacial score (nSPS) is 17.8. The van der Waals surface area contributed by atoms with E-state index < -0.39 is 0 Å². The van der Waals surface area contributed by atoms with Gasteiger partial charge in [0, 0.05) is 21.5 Å². The Bertz CT molecular complexity index is 407. The molecule has 0 heterocycles. The largest absolute Gasteiger partial charge is 0.316 e. The lowest BCUT2D eigenvalue weighted by Gasteiger charge is -2.19. The zero-order chi connectivity index (χ0) is 13.7. The summed E-state index contributed by atoms with van der Waals surface area (Å²) in [6.45, 7) is 0. The van der Waals surface area contributed by atoms with E-state index in [1.165, 1.54) is 37.3 Å². The summed E-state index contributed by atoms with van der Waals surface area (Å²) in [6.07, 6.45) is 6.48. The van der Waals surface area contributed by atoms with Crippen molar-refractivity contribution in [3.05, 3.63) is 34.1 Å². The number of rotatable bonds is 6. The van der Waals surface area contributed by atoms with Gasteiger partial charge in [-0.05, 0) is 44.0 Å². The quantitative estimate of drug-likeness (QED) is 0.820. The maximum atomic E-state index is 13.1. The third-order valence-electron chi connectivity index (χ3n) is 3.72. The van der Waals surface area contributed by atoms with Gasteiger partial charge in [0.2, 0.25) is 0 Å². The summed E-state index contributed by atoms with van der Waals surface area (Å²) in [7, 11) is 2.01. The van der Waals surface area contributed by atoms with E-state index in [2.05, 4.69) is 33.0 Å². The van der Waals surface area contributed by atoms with Gasteiger partial charge in [-0.3, -0.25) is 0 Å². The molecule has 4 heteroatoms. The Balaban J connectivity index is 1.86. The minimum Gasteiger partial charge on any atom is -0.316 e. The summed E-state index contributed by atoms with van der Waals surface area (Å²) in [4.78, 5) is 0. The third kappa shape index (κ3) is 4.76. The molecule has 0 aliphatic heterocycles. The van der Waals surface area contributed by atoms with Crippen LogP contribution >= 0.6 is 27.7 Å². The van der Waals surface area contributed by atoms with E-state index in [9.17, 15) is 4.39 Å². The molecule has 0 saturated heterocycles. The minimum atomic E-state index is -0.183. The van der Waals surface area contributed by atoms with Gasteiger partial charge in [0.25, 0.3) is 0 Å². The fourth-order valence-electron chi connectivity index (χ4n) is 2.50. The van der Waals surface area contributed by atoms with Crippen molar-refractivity contribution >= 4 is 27.7 Å². The lowest BCUT2D eigenvalue weighted by atomic mass is 10.1. The number of nitrogens with one attached hydrogen (secondary N) is 1. The highest BCUT2D eigenvalue weighted by molar-refractivity contribution is 9.10. The standard InChI is InChI=1S/C15H21BrFNS/c1-18-13(10-19-14-4-2-3-5-14)8-11-6-7-12(17)9-15(11)16/h6-7,9,13-14,18H,2-5,8,10H2,1H3. The zero-order valence-corrected chi connectivity index (χ0v) is 13.7. The smallest absolute Gasteiger partial charge is 0.124 e. The van der Waals surface area contributed by atoms with Crippen LogP contribution in [0.2, 0.25) is 0 Å². The van der Waals surface area contributed by atoms with Gasteiger partial charge in [-0.1, -0.05) is 34.8 Å². The van der Waals surface area contributed by atoms with Gasteiger partial charge in [0.1, 0.15) is 5.82 Å². The summed E-state index contributed by atoms with van der Waals surface area (Å²) >= 11 is 5.54. The van der Waals surface area contributed by atoms with E-state index in [1.807, 2.05) is 13.1 Å². The molecule has 1 nitrogen and oxygen atoms in total. The molecule has 1 aliphatic carbocycles. The van der Waals surface area contributed by atoms with Crippen molar-refractivity contribution in [1.29, 1.82) is 0 Å². The molecular weight excluding hydrogens is 325 g/mol. The van der Waals surface area contributed by atoms with Crippen LogP contribution in [0, 0.1) is 5.82 Å². The van der Waals surface area contributed by atoms with Crippen molar-refractivity contribution in [1.82, 2.24) is 5.32 Å². The molecule has 1 aliphatic rings. The number of benzene rings is 1. The molecule has 106 valence electrons. The average molecular weight is 346 g/mol. The first-order valence-corrected chi connectivity index (χ1v) is 8.76. The molecule has 0 amide bonds. The lowest BCUT2D eigenvalue weighted by molar-refractivity contribution is 0.607. The van der Waals surface area contributed by atoms with Crippen LogP contribution in [0.25, 0.3) is 0 Å². The maximum absolute atomic E-state index is 13.1. The van der Waals surface area contributed by atoms with Gasteiger partial charge in [0.15, 0.2) is 0 Å². The molecule has 1 N–H and O–H groups in total. The molecule has 1 aromatic rings.